The van der Waals surface area contributed by atoms with Crippen LogP contribution in [0.15, 0.2) is 41.8 Å². The molecule has 132 valence electrons. The van der Waals surface area contributed by atoms with E-state index < -0.39 is 0 Å². The van der Waals surface area contributed by atoms with Gasteiger partial charge in [-0.3, -0.25) is 9.59 Å². The minimum atomic E-state index is -0.283. The minimum absolute atomic E-state index is 0.0404. The molecule has 1 N–H and O–H groups in total. The molecule has 1 aliphatic heterocycles. The lowest BCUT2D eigenvalue weighted by Gasteiger charge is -2.24. The van der Waals surface area contributed by atoms with Crippen molar-refractivity contribution >= 4 is 23.2 Å². The first-order chi connectivity index (χ1) is 11.8. The number of carbonyl (C=O) groups excluding carboxylic acids is 2. The summed E-state index contributed by atoms with van der Waals surface area (Å²) in [6.45, 7) is 6.62. The summed E-state index contributed by atoms with van der Waals surface area (Å²) < 4.78 is 0. The number of hydrogen-bond acceptors (Lipinski definition) is 3. The Bertz CT molecular complexity index is 745. The Kier molecular flexibility index (Phi) is 4.95. The van der Waals surface area contributed by atoms with E-state index in [2.05, 4.69) is 16.8 Å². The van der Waals surface area contributed by atoms with Gasteiger partial charge in [0, 0.05) is 28.1 Å². The molecule has 3 rings (SSSR count). The van der Waals surface area contributed by atoms with Gasteiger partial charge in [-0.1, -0.05) is 6.07 Å². The quantitative estimate of drug-likeness (QED) is 0.893. The monoisotopic (exact) mass is 356 g/mol. The average molecular weight is 356 g/mol. The fraction of sp³-hybridized carbons (Fsp3) is 0.400. The zero-order valence-corrected chi connectivity index (χ0v) is 15.7. The summed E-state index contributed by atoms with van der Waals surface area (Å²) >= 11 is 1.70. The van der Waals surface area contributed by atoms with Crippen molar-refractivity contribution in [3.63, 3.8) is 0 Å². The van der Waals surface area contributed by atoms with Crippen molar-refractivity contribution in [3.8, 4) is 0 Å². The second-order valence-corrected chi connectivity index (χ2v) is 8.43. The van der Waals surface area contributed by atoms with E-state index in [1.165, 1.54) is 4.88 Å². The molecular weight excluding hydrogens is 332 g/mol. The molecular formula is C20H24N2O2S. The molecule has 0 saturated carbocycles. The van der Waals surface area contributed by atoms with Gasteiger partial charge in [0.15, 0.2) is 0 Å². The lowest BCUT2D eigenvalue weighted by Crippen LogP contribution is -2.40. The van der Waals surface area contributed by atoms with Gasteiger partial charge in [-0.25, -0.2) is 0 Å². The predicted molar refractivity (Wildman–Crippen MR) is 101 cm³/mol. The molecule has 2 amide bonds. The van der Waals surface area contributed by atoms with E-state index in [9.17, 15) is 9.59 Å². The fourth-order valence-corrected chi connectivity index (χ4v) is 4.00. The number of thiophene rings is 1. The molecule has 0 radical (unpaired) electrons. The smallest absolute Gasteiger partial charge is 0.254 e. The van der Waals surface area contributed by atoms with Crippen molar-refractivity contribution in [1.82, 2.24) is 10.2 Å². The number of amides is 2. The first-order valence-electron chi connectivity index (χ1n) is 8.62. The third-order valence-corrected chi connectivity index (χ3v) is 5.24. The third kappa shape index (κ3) is 4.10. The van der Waals surface area contributed by atoms with Gasteiger partial charge in [-0.15, -0.1) is 11.3 Å². The Labute approximate surface area is 152 Å². The van der Waals surface area contributed by atoms with Crippen LogP contribution in [0.2, 0.25) is 0 Å². The van der Waals surface area contributed by atoms with Crippen LogP contribution in [-0.4, -0.2) is 28.8 Å². The zero-order valence-electron chi connectivity index (χ0n) is 14.9. The average Bonchev–Trinajstić information content (AvgIpc) is 3.23. The van der Waals surface area contributed by atoms with Crippen LogP contribution in [0.1, 0.15) is 65.2 Å². The maximum atomic E-state index is 12.9. The summed E-state index contributed by atoms with van der Waals surface area (Å²) in [6.07, 6.45) is 2.04. The van der Waals surface area contributed by atoms with Crippen LogP contribution >= 0.6 is 11.3 Å². The normalized spacial score (nSPS) is 17.6. The van der Waals surface area contributed by atoms with E-state index in [0.717, 1.165) is 19.4 Å². The van der Waals surface area contributed by atoms with Gasteiger partial charge in [0.25, 0.3) is 11.8 Å². The summed E-state index contributed by atoms with van der Waals surface area (Å²) in [4.78, 5) is 28.3. The van der Waals surface area contributed by atoms with Crippen molar-refractivity contribution < 1.29 is 9.59 Å². The number of carbonyl (C=O) groups is 2. The molecule has 1 atom stereocenters. The zero-order chi connectivity index (χ0) is 18.0. The summed E-state index contributed by atoms with van der Waals surface area (Å²) in [5.41, 5.74) is 0.924. The highest BCUT2D eigenvalue weighted by Crippen LogP contribution is 2.35. The Balaban J connectivity index is 1.73. The van der Waals surface area contributed by atoms with E-state index in [4.69, 9.17) is 0 Å². The van der Waals surface area contributed by atoms with Crippen LogP contribution in [0.25, 0.3) is 0 Å². The molecule has 0 aliphatic carbocycles. The number of hydrogen-bond donors (Lipinski definition) is 1. The molecule has 0 unspecified atom stereocenters. The molecule has 0 bridgehead atoms. The van der Waals surface area contributed by atoms with Crippen LogP contribution < -0.4 is 5.32 Å². The van der Waals surface area contributed by atoms with Gasteiger partial charge in [0.05, 0.1) is 6.04 Å². The van der Waals surface area contributed by atoms with Gasteiger partial charge in [-0.2, -0.15) is 0 Å². The molecule has 2 heterocycles. The number of nitrogens with one attached hydrogen (secondary N) is 1. The largest absolute Gasteiger partial charge is 0.347 e. The van der Waals surface area contributed by atoms with Crippen LogP contribution in [0.4, 0.5) is 0 Å². The van der Waals surface area contributed by atoms with Gasteiger partial charge < -0.3 is 10.2 Å². The van der Waals surface area contributed by atoms with Crippen LogP contribution in [-0.2, 0) is 0 Å². The Morgan fingerprint density at radius 3 is 2.40 bits per heavy atom. The van der Waals surface area contributed by atoms with Gasteiger partial charge >= 0.3 is 0 Å². The minimum Gasteiger partial charge on any atom is -0.347 e. The van der Waals surface area contributed by atoms with Crippen LogP contribution in [0.3, 0.4) is 0 Å². The Morgan fingerprint density at radius 1 is 1.12 bits per heavy atom. The van der Waals surface area contributed by atoms with E-state index in [0.29, 0.717) is 11.1 Å². The predicted octanol–water partition coefficient (Wildman–Crippen LogP) is 4.25. The molecule has 1 fully saturated rings. The molecule has 1 saturated heterocycles. The molecule has 2 aromatic rings. The lowest BCUT2D eigenvalue weighted by molar-refractivity contribution is 0.0737. The Morgan fingerprint density at radius 2 is 1.80 bits per heavy atom. The molecule has 1 aliphatic rings. The molecule has 25 heavy (non-hydrogen) atoms. The highest BCUT2D eigenvalue weighted by Gasteiger charge is 2.31. The molecule has 1 aromatic heterocycles. The third-order valence-electron chi connectivity index (χ3n) is 4.27. The number of benzene rings is 1. The molecule has 0 spiro atoms. The van der Waals surface area contributed by atoms with E-state index in [1.54, 1.807) is 35.6 Å². The topological polar surface area (TPSA) is 49.4 Å². The van der Waals surface area contributed by atoms with Crippen molar-refractivity contribution in [2.45, 2.75) is 45.2 Å². The van der Waals surface area contributed by atoms with Crippen molar-refractivity contribution in [3.05, 3.63) is 57.8 Å². The number of nitrogens with zero attached hydrogens (tertiary/aromatic N) is 1. The summed E-state index contributed by atoms with van der Waals surface area (Å²) in [5, 5.41) is 4.99. The van der Waals surface area contributed by atoms with E-state index in [-0.39, 0.29) is 23.4 Å². The maximum Gasteiger partial charge on any atom is 0.254 e. The second kappa shape index (κ2) is 7.00. The summed E-state index contributed by atoms with van der Waals surface area (Å²) in [7, 11) is 0. The first-order valence-corrected chi connectivity index (χ1v) is 9.50. The summed E-state index contributed by atoms with van der Waals surface area (Å²) in [5.74, 6) is -0.0807. The van der Waals surface area contributed by atoms with E-state index in [1.807, 2.05) is 31.7 Å². The molecule has 1 aromatic carbocycles. The van der Waals surface area contributed by atoms with Crippen molar-refractivity contribution in [2.75, 3.05) is 6.54 Å². The highest BCUT2D eigenvalue weighted by molar-refractivity contribution is 7.10. The van der Waals surface area contributed by atoms with Gasteiger partial charge in [-0.05, 0) is 69.3 Å². The number of likely N-dealkylation sites (tertiary alicyclic amines) is 1. The molecule has 4 nitrogen and oxygen atoms in total. The lowest BCUT2D eigenvalue weighted by atomic mass is 10.1. The first kappa shape index (κ1) is 17.7. The van der Waals surface area contributed by atoms with Gasteiger partial charge in [0.2, 0.25) is 0 Å². The standard InChI is InChI=1S/C20H24N2O2S/c1-20(2,3)21-18(23)14-8-10-15(11-9-14)19(24)22-12-4-6-16(22)17-7-5-13-25-17/h5,7-11,13,16H,4,6,12H2,1-3H3,(H,21,23)/t16-/m1/s1. The summed E-state index contributed by atoms with van der Waals surface area (Å²) in [6, 6.07) is 11.3. The van der Waals surface area contributed by atoms with Crippen molar-refractivity contribution in [1.29, 1.82) is 0 Å². The molecule has 5 heteroatoms. The Hall–Kier alpha value is -2.14. The van der Waals surface area contributed by atoms with Crippen LogP contribution in [0.5, 0.6) is 0 Å². The van der Waals surface area contributed by atoms with E-state index >= 15 is 0 Å². The second-order valence-electron chi connectivity index (χ2n) is 7.45. The van der Waals surface area contributed by atoms with Gasteiger partial charge in [0.1, 0.15) is 0 Å². The SMILES string of the molecule is CC(C)(C)NC(=O)c1ccc(C(=O)N2CCC[C@@H]2c2cccs2)cc1. The fourth-order valence-electron chi connectivity index (χ4n) is 3.13. The van der Waals surface area contributed by atoms with Crippen LogP contribution in [0, 0.1) is 0 Å². The highest BCUT2D eigenvalue weighted by atomic mass is 32.1. The maximum absolute atomic E-state index is 12.9. The van der Waals surface area contributed by atoms with Crippen molar-refractivity contribution in [2.24, 2.45) is 0 Å². The number of rotatable bonds is 3.